The Bertz CT molecular complexity index is 925. The summed E-state index contributed by atoms with van der Waals surface area (Å²) in [5.74, 6) is 1.81. The van der Waals surface area contributed by atoms with Gasteiger partial charge in [0.25, 0.3) is 11.8 Å². The smallest absolute Gasteiger partial charge is 0.254 e. The lowest BCUT2D eigenvalue weighted by Gasteiger charge is -2.34. The largest absolute Gasteiger partial charge is 0.497 e. The number of piperazine rings is 1. The standard InChI is InChI=1S/C22H25N3O5/c1-28-18-4-2-3-17(13-18)22(27)25-11-9-24(10-12-25)8-7-23-21(26)16-5-6-19-20(14-16)30-15-29-19/h2-6,13-14H,7-12,15H2,1H3,(H,23,26). The minimum absolute atomic E-state index is 0.0182. The number of fused-ring (bicyclic) bond motifs is 1. The van der Waals surface area contributed by atoms with Gasteiger partial charge in [0.1, 0.15) is 5.75 Å². The van der Waals surface area contributed by atoms with Crippen LogP contribution in [0.5, 0.6) is 17.2 Å². The van der Waals surface area contributed by atoms with Crippen molar-refractivity contribution in [3.05, 3.63) is 53.6 Å². The van der Waals surface area contributed by atoms with E-state index in [0.717, 1.165) is 19.6 Å². The van der Waals surface area contributed by atoms with Crippen LogP contribution in [-0.4, -0.2) is 74.8 Å². The molecule has 2 amide bonds. The fourth-order valence-electron chi connectivity index (χ4n) is 3.58. The van der Waals surface area contributed by atoms with Crippen LogP contribution < -0.4 is 19.5 Å². The maximum absolute atomic E-state index is 12.7. The maximum Gasteiger partial charge on any atom is 0.254 e. The highest BCUT2D eigenvalue weighted by Gasteiger charge is 2.22. The van der Waals surface area contributed by atoms with E-state index in [9.17, 15) is 9.59 Å². The summed E-state index contributed by atoms with van der Waals surface area (Å²) in [6.07, 6.45) is 0. The van der Waals surface area contributed by atoms with Gasteiger partial charge in [-0.3, -0.25) is 14.5 Å². The van der Waals surface area contributed by atoms with Crippen molar-refractivity contribution in [1.82, 2.24) is 15.1 Å². The Labute approximate surface area is 175 Å². The van der Waals surface area contributed by atoms with Gasteiger partial charge < -0.3 is 24.4 Å². The summed E-state index contributed by atoms with van der Waals surface area (Å²) in [4.78, 5) is 29.1. The minimum atomic E-state index is -0.139. The van der Waals surface area contributed by atoms with Crippen molar-refractivity contribution < 1.29 is 23.8 Å². The van der Waals surface area contributed by atoms with Crippen molar-refractivity contribution in [3.8, 4) is 17.2 Å². The molecule has 1 saturated heterocycles. The van der Waals surface area contributed by atoms with Crippen molar-refractivity contribution >= 4 is 11.8 Å². The van der Waals surface area contributed by atoms with Gasteiger partial charge >= 0.3 is 0 Å². The maximum atomic E-state index is 12.7. The predicted octanol–water partition coefficient (Wildman–Crippen LogP) is 1.61. The Morgan fingerprint density at radius 3 is 2.60 bits per heavy atom. The number of carbonyl (C=O) groups excluding carboxylic acids is 2. The van der Waals surface area contributed by atoms with Gasteiger partial charge in [0.2, 0.25) is 6.79 Å². The Balaban J connectivity index is 1.21. The molecule has 2 aliphatic rings. The SMILES string of the molecule is COc1cccc(C(=O)N2CCN(CCNC(=O)c3ccc4c(c3)OCO4)CC2)c1. The first-order valence-electron chi connectivity index (χ1n) is 9.97. The van der Waals surface area contributed by atoms with E-state index in [-0.39, 0.29) is 18.6 Å². The summed E-state index contributed by atoms with van der Waals surface area (Å²) in [5.41, 5.74) is 1.19. The number of methoxy groups -OCH3 is 1. The summed E-state index contributed by atoms with van der Waals surface area (Å²) < 4.78 is 15.8. The molecule has 0 spiro atoms. The van der Waals surface area contributed by atoms with Crippen LogP contribution in [-0.2, 0) is 0 Å². The summed E-state index contributed by atoms with van der Waals surface area (Å²) in [6, 6.07) is 12.4. The monoisotopic (exact) mass is 411 g/mol. The third kappa shape index (κ3) is 4.49. The molecule has 0 aliphatic carbocycles. The second-order valence-corrected chi connectivity index (χ2v) is 7.19. The molecule has 8 heteroatoms. The number of ether oxygens (including phenoxy) is 3. The molecule has 30 heavy (non-hydrogen) atoms. The zero-order valence-electron chi connectivity index (χ0n) is 16.9. The normalized spacial score (nSPS) is 15.7. The van der Waals surface area contributed by atoms with E-state index in [4.69, 9.17) is 14.2 Å². The van der Waals surface area contributed by atoms with Gasteiger partial charge in [-0.2, -0.15) is 0 Å². The Hall–Kier alpha value is -3.26. The highest BCUT2D eigenvalue weighted by molar-refractivity contribution is 5.95. The van der Waals surface area contributed by atoms with Gasteiger partial charge in [0.05, 0.1) is 7.11 Å². The van der Waals surface area contributed by atoms with Crippen LogP contribution in [0.3, 0.4) is 0 Å². The molecule has 2 aromatic rings. The van der Waals surface area contributed by atoms with Gasteiger partial charge in [-0.15, -0.1) is 0 Å². The van der Waals surface area contributed by atoms with Crippen molar-refractivity contribution in [1.29, 1.82) is 0 Å². The Morgan fingerprint density at radius 1 is 1.00 bits per heavy atom. The topological polar surface area (TPSA) is 80.3 Å². The lowest BCUT2D eigenvalue weighted by Crippen LogP contribution is -2.50. The van der Waals surface area contributed by atoms with E-state index < -0.39 is 0 Å². The second-order valence-electron chi connectivity index (χ2n) is 7.19. The molecule has 0 bridgehead atoms. The van der Waals surface area contributed by atoms with Crippen LogP contribution in [0.4, 0.5) is 0 Å². The molecular weight excluding hydrogens is 386 g/mol. The van der Waals surface area contributed by atoms with Gasteiger partial charge in [-0.05, 0) is 36.4 Å². The lowest BCUT2D eigenvalue weighted by molar-refractivity contribution is 0.0637. The minimum Gasteiger partial charge on any atom is -0.497 e. The molecular formula is C22H25N3O5. The van der Waals surface area contributed by atoms with Crippen molar-refractivity contribution in [2.45, 2.75) is 0 Å². The van der Waals surface area contributed by atoms with E-state index >= 15 is 0 Å². The molecule has 2 aromatic carbocycles. The molecule has 0 aromatic heterocycles. The zero-order valence-corrected chi connectivity index (χ0v) is 16.9. The number of amides is 2. The highest BCUT2D eigenvalue weighted by Crippen LogP contribution is 2.32. The van der Waals surface area contributed by atoms with Gasteiger partial charge in [-0.25, -0.2) is 0 Å². The van der Waals surface area contributed by atoms with Crippen LogP contribution in [0.1, 0.15) is 20.7 Å². The Morgan fingerprint density at radius 2 is 1.80 bits per heavy atom. The van der Waals surface area contributed by atoms with Crippen molar-refractivity contribution in [2.24, 2.45) is 0 Å². The molecule has 0 atom stereocenters. The van der Waals surface area contributed by atoms with Crippen LogP contribution in [0.15, 0.2) is 42.5 Å². The van der Waals surface area contributed by atoms with Crippen LogP contribution in [0.2, 0.25) is 0 Å². The molecule has 4 rings (SSSR count). The second kappa shape index (κ2) is 9.04. The van der Waals surface area contributed by atoms with E-state index in [1.54, 1.807) is 31.4 Å². The summed E-state index contributed by atoms with van der Waals surface area (Å²) >= 11 is 0. The summed E-state index contributed by atoms with van der Waals surface area (Å²) in [6.45, 7) is 4.32. The van der Waals surface area contributed by atoms with E-state index in [1.165, 1.54) is 0 Å². The molecule has 158 valence electrons. The summed E-state index contributed by atoms with van der Waals surface area (Å²) in [5, 5.41) is 2.94. The molecule has 0 saturated carbocycles. The van der Waals surface area contributed by atoms with E-state index in [0.29, 0.717) is 48.0 Å². The number of hydrogen-bond donors (Lipinski definition) is 1. The fourth-order valence-corrected chi connectivity index (χ4v) is 3.58. The summed E-state index contributed by atoms with van der Waals surface area (Å²) in [7, 11) is 1.59. The van der Waals surface area contributed by atoms with Crippen molar-refractivity contribution in [2.75, 3.05) is 53.2 Å². The molecule has 1 N–H and O–H groups in total. The number of benzene rings is 2. The number of hydrogen-bond acceptors (Lipinski definition) is 6. The van der Waals surface area contributed by atoms with Gasteiger partial charge in [0.15, 0.2) is 11.5 Å². The number of nitrogens with zero attached hydrogens (tertiary/aromatic N) is 2. The first-order chi connectivity index (χ1) is 14.6. The average molecular weight is 411 g/mol. The van der Waals surface area contributed by atoms with Crippen molar-refractivity contribution in [3.63, 3.8) is 0 Å². The Kier molecular flexibility index (Phi) is 6.04. The predicted molar refractivity (Wildman–Crippen MR) is 110 cm³/mol. The fraction of sp³-hybridized carbons (Fsp3) is 0.364. The quantitative estimate of drug-likeness (QED) is 0.778. The third-order valence-corrected chi connectivity index (χ3v) is 5.32. The third-order valence-electron chi connectivity index (χ3n) is 5.32. The molecule has 0 unspecified atom stereocenters. The number of carbonyl (C=O) groups is 2. The number of nitrogens with one attached hydrogen (secondary N) is 1. The zero-order chi connectivity index (χ0) is 20.9. The van der Waals surface area contributed by atoms with Gasteiger partial charge in [0, 0.05) is 50.4 Å². The first kappa shape index (κ1) is 20.0. The molecule has 0 radical (unpaired) electrons. The van der Waals surface area contributed by atoms with Gasteiger partial charge in [-0.1, -0.05) is 6.07 Å². The van der Waals surface area contributed by atoms with E-state index in [2.05, 4.69) is 10.2 Å². The number of rotatable bonds is 6. The first-order valence-corrected chi connectivity index (χ1v) is 9.97. The van der Waals surface area contributed by atoms with Crippen LogP contribution in [0, 0.1) is 0 Å². The molecule has 2 aliphatic heterocycles. The molecule has 2 heterocycles. The lowest BCUT2D eigenvalue weighted by atomic mass is 10.1. The highest BCUT2D eigenvalue weighted by atomic mass is 16.7. The average Bonchev–Trinajstić information content (AvgIpc) is 3.27. The van der Waals surface area contributed by atoms with Crippen LogP contribution >= 0.6 is 0 Å². The van der Waals surface area contributed by atoms with Crippen LogP contribution in [0.25, 0.3) is 0 Å². The molecule has 8 nitrogen and oxygen atoms in total. The molecule has 1 fully saturated rings. The van der Waals surface area contributed by atoms with E-state index in [1.807, 2.05) is 23.1 Å².